The van der Waals surface area contributed by atoms with Crippen LogP contribution < -0.4 is 4.74 Å². The quantitative estimate of drug-likeness (QED) is 0.641. The lowest BCUT2D eigenvalue weighted by Gasteiger charge is -2.20. The van der Waals surface area contributed by atoms with E-state index in [1.165, 1.54) is 20.3 Å². The number of benzene rings is 2. The molecule has 0 aromatic heterocycles. The van der Waals surface area contributed by atoms with Crippen molar-refractivity contribution in [2.45, 2.75) is 39.7 Å². The fourth-order valence-electron chi connectivity index (χ4n) is 2.02. The Morgan fingerprint density at radius 1 is 1.00 bits per heavy atom. The van der Waals surface area contributed by atoms with Crippen LogP contribution in [0, 0.1) is 10.5 Å². The highest BCUT2D eigenvalue weighted by Gasteiger charge is 2.14. The molecule has 0 bridgehead atoms. The second-order valence-electron chi connectivity index (χ2n) is 6.15. The maximum Gasteiger partial charge on any atom is 0.122 e. The van der Waals surface area contributed by atoms with E-state index >= 15 is 0 Å². The van der Waals surface area contributed by atoms with Crippen LogP contribution in [-0.4, -0.2) is 0 Å². The average Bonchev–Trinajstić information content (AvgIpc) is 2.38. The third-order valence-electron chi connectivity index (χ3n) is 3.35. The molecule has 0 spiro atoms. The Morgan fingerprint density at radius 3 is 2.20 bits per heavy atom. The van der Waals surface area contributed by atoms with Crippen LogP contribution in [0.4, 0.5) is 0 Å². The first-order chi connectivity index (χ1) is 9.36. The van der Waals surface area contributed by atoms with Crippen LogP contribution in [0.25, 0.3) is 0 Å². The van der Waals surface area contributed by atoms with Gasteiger partial charge in [-0.3, -0.25) is 0 Å². The molecule has 0 aliphatic heterocycles. The summed E-state index contributed by atoms with van der Waals surface area (Å²) >= 11 is 2.31. The van der Waals surface area contributed by atoms with E-state index in [0.29, 0.717) is 6.61 Å². The van der Waals surface area contributed by atoms with E-state index < -0.39 is 0 Å². The molecule has 0 radical (unpaired) electrons. The summed E-state index contributed by atoms with van der Waals surface area (Å²) in [6.45, 7) is 9.42. The molecule has 0 N–H and O–H groups in total. The van der Waals surface area contributed by atoms with Crippen molar-refractivity contribution in [3.05, 3.63) is 62.7 Å². The number of hydrogen-bond acceptors (Lipinski definition) is 1. The number of ether oxygens (including phenoxy) is 1. The van der Waals surface area contributed by atoms with Crippen molar-refractivity contribution in [1.82, 2.24) is 0 Å². The molecule has 1 nitrogen and oxygen atoms in total. The molecule has 0 saturated carbocycles. The zero-order chi connectivity index (χ0) is 14.8. The first kappa shape index (κ1) is 15.4. The molecule has 0 heterocycles. The van der Waals surface area contributed by atoms with Crippen molar-refractivity contribution >= 4 is 22.6 Å². The first-order valence-electron chi connectivity index (χ1n) is 6.84. The van der Waals surface area contributed by atoms with Crippen molar-refractivity contribution in [1.29, 1.82) is 0 Å². The zero-order valence-corrected chi connectivity index (χ0v) is 14.7. The Kier molecular flexibility index (Phi) is 4.74. The van der Waals surface area contributed by atoms with E-state index in [9.17, 15) is 0 Å². The van der Waals surface area contributed by atoms with Gasteiger partial charge in [-0.15, -0.1) is 0 Å². The van der Waals surface area contributed by atoms with Gasteiger partial charge in [-0.25, -0.2) is 0 Å². The third kappa shape index (κ3) is 3.98. The first-order valence-corrected chi connectivity index (χ1v) is 7.92. The molecule has 2 rings (SSSR count). The summed E-state index contributed by atoms with van der Waals surface area (Å²) in [6, 6.07) is 14.9. The summed E-state index contributed by atoms with van der Waals surface area (Å²) < 4.78 is 7.18. The minimum absolute atomic E-state index is 0.180. The lowest BCUT2D eigenvalue weighted by atomic mass is 9.86. The molecule has 0 fully saturated rings. The molecule has 2 aromatic carbocycles. The molecule has 0 aliphatic rings. The SMILES string of the molecule is Cc1cc(C(C)(C)C)ccc1OCc1ccc(I)cc1. The number of aryl methyl sites for hydroxylation is 1. The van der Waals surface area contributed by atoms with E-state index in [0.717, 1.165) is 5.75 Å². The summed E-state index contributed by atoms with van der Waals surface area (Å²) in [6.07, 6.45) is 0. The van der Waals surface area contributed by atoms with E-state index in [-0.39, 0.29) is 5.41 Å². The highest BCUT2D eigenvalue weighted by atomic mass is 127. The molecule has 0 amide bonds. The molecule has 2 aromatic rings. The van der Waals surface area contributed by atoms with E-state index in [4.69, 9.17) is 4.74 Å². The predicted octanol–water partition coefficient (Wildman–Crippen LogP) is 5.48. The molecule has 0 unspecified atom stereocenters. The summed E-state index contributed by atoms with van der Waals surface area (Å²) in [5.74, 6) is 0.969. The van der Waals surface area contributed by atoms with Crippen LogP contribution >= 0.6 is 22.6 Å². The lowest BCUT2D eigenvalue weighted by molar-refractivity contribution is 0.304. The van der Waals surface area contributed by atoms with Gasteiger partial charge < -0.3 is 4.74 Å². The van der Waals surface area contributed by atoms with Crippen molar-refractivity contribution in [2.24, 2.45) is 0 Å². The Morgan fingerprint density at radius 2 is 1.65 bits per heavy atom. The van der Waals surface area contributed by atoms with Crippen LogP contribution in [0.3, 0.4) is 0 Å². The molecule has 2 heteroatoms. The third-order valence-corrected chi connectivity index (χ3v) is 4.07. The van der Waals surface area contributed by atoms with Crippen molar-refractivity contribution in [3.63, 3.8) is 0 Å². The van der Waals surface area contributed by atoms with Gasteiger partial charge in [0.2, 0.25) is 0 Å². The Labute approximate surface area is 135 Å². The molecule has 20 heavy (non-hydrogen) atoms. The van der Waals surface area contributed by atoms with Gasteiger partial charge in [0.05, 0.1) is 0 Å². The van der Waals surface area contributed by atoms with E-state index in [1.54, 1.807) is 0 Å². The fourth-order valence-corrected chi connectivity index (χ4v) is 2.38. The van der Waals surface area contributed by atoms with E-state index in [1.807, 2.05) is 0 Å². The van der Waals surface area contributed by atoms with Crippen LogP contribution in [0.15, 0.2) is 42.5 Å². The van der Waals surface area contributed by atoms with Gasteiger partial charge >= 0.3 is 0 Å². The topological polar surface area (TPSA) is 9.23 Å². The Balaban J connectivity index is 2.08. The van der Waals surface area contributed by atoms with Gasteiger partial charge in [0.15, 0.2) is 0 Å². The maximum atomic E-state index is 5.93. The second-order valence-corrected chi connectivity index (χ2v) is 7.39. The van der Waals surface area contributed by atoms with Crippen LogP contribution in [0.2, 0.25) is 0 Å². The number of rotatable bonds is 3. The minimum atomic E-state index is 0.180. The largest absolute Gasteiger partial charge is 0.489 e. The Hall–Kier alpha value is -1.03. The van der Waals surface area contributed by atoms with Gasteiger partial charge in [0.1, 0.15) is 12.4 Å². The molecule has 106 valence electrons. The summed E-state index contributed by atoms with van der Waals surface area (Å²) in [5, 5.41) is 0. The van der Waals surface area contributed by atoms with Crippen LogP contribution in [-0.2, 0) is 12.0 Å². The number of halogens is 1. The molecule has 0 atom stereocenters. The van der Waals surface area contributed by atoms with Crippen molar-refractivity contribution < 1.29 is 4.74 Å². The van der Waals surface area contributed by atoms with Crippen LogP contribution in [0.5, 0.6) is 5.75 Å². The Bertz CT molecular complexity index is 579. The van der Waals surface area contributed by atoms with Crippen molar-refractivity contribution in [2.75, 3.05) is 0 Å². The predicted molar refractivity (Wildman–Crippen MR) is 93.4 cm³/mol. The molecular weight excluding hydrogens is 359 g/mol. The van der Waals surface area contributed by atoms with Gasteiger partial charge in [-0.05, 0) is 69.8 Å². The van der Waals surface area contributed by atoms with Gasteiger partial charge in [0.25, 0.3) is 0 Å². The molecule has 0 aliphatic carbocycles. The monoisotopic (exact) mass is 380 g/mol. The molecular formula is C18H21IO. The smallest absolute Gasteiger partial charge is 0.122 e. The summed E-state index contributed by atoms with van der Waals surface area (Å²) in [4.78, 5) is 0. The normalized spacial score (nSPS) is 11.4. The second kappa shape index (κ2) is 6.17. The summed E-state index contributed by atoms with van der Waals surface area (Å²) in [7, 11) is 0. The average molecular weight is 380 g/mol. The van der Waals surface area contributed by atoms with Crippen LogP contribution in [0.1, 0.15) is 37.5 Å². The highest BCUT2D eigenvalue weighted by molar-refractivity contribution is 14.1. The maximum absolute atomic E-state index is 5.93. The lowest BCUT2D eigenvalue weighted by Crippen LogP contribution is -2.11. The van der Waals surface area contributed by atoms with E-state index in [2.05, 4.69) is 92.8 Å². The standard InChI is InChI=1S/C18H21IO/c1-13-11-15(18(2,3)4)7-10-17(13)20-12-14-5-8-16(19)9-6-14/h5-11H,12H2,1-4H3. The zero-order valence-electron chi connectivity index (χ0n) is 12.5. The van der Waals surface area contributed by atoms with Gasteiger partial charge in [-0.1, -0.05) is 45.0 Å². The van der Waals surface area contributed by atoms with Gasteiger partial charge in [0, 0.05) is 3.57 Å². The minimum Gasteiger partial charge on any atom is -0.489 e. The fraction of sp³-hybridized carbons (Fsp3) is 0.333. The number of hydrogen-bond donors (Lipinski definition) is 0. The van der Waals surface area contributed by atoms with Crippen molar-refractivity contribution in [3.8, 4) is 5.75 Å². The van der Waals surface area contributed by atoms with Gasteiger partial charge in [-0.2, -0.15) is 0 Å². The molecule has 0 saturated heterocycles. The highest BCUT2D eigenvalue weighted by Crippen LogP contribution is 2.28. The summed E-state index contributed by atoms with van der Waals surface area (Å²) in [5.41, 5.74) is 3.92.